The molecule has 1 aromatic heterocycles. The first kappa shape index (κ1) is 11.9. The molecule has 5 heteroatoms. The molecule has 1 aliphatic rings. The van der Waals surface area contributed by atoms with E-state index in [1.807, 2.05) is 24.3 Å². The highest BCUT2D eigenvalue weighted by molar-refractivity contribution is 9.10. The van der Waals surface area contributed by atoms with Crippen LogP contribution in [0.25, 0.3) is 11.4 Å². The Hall–Kier alpha value is -1.13. The van der Waals surface area contributed by atoms with Crippen LogP contribution in [0.5, 0.6) is 0 Å². The maximum atomic E-state index is 6.21. The number of hydrogen-bond donors (Lipinski definition) is 1. The molecule has 2 N–H and O–H groups in total. The van der Waals surface area contributed by atoms with Crippen molar-refractivity contribution in [3.8, 4) is 11.4 Å². The van der Waals surface area contributed by atoms with Gasteiger partial charge in [0.15, 0.2) is 5.82 Å². The summed E-state index contributed by atoms with van der Waals surface area (Å²) in [5, 5.41) is 0.622. The summed E-state index contributed by atoms with van der Waals surface area (Å²) in [6.45, 7) is 0. The van der Waals surface area contributed by atoms with Gasteiger partial charge in [-0.15, -0.1) is 0 Å². The molecule has 0 unspecified atom stereocenters. The minimum absolute atomic E-state index is 0.501. The van der Waals surface area contributed by atoms with Crippen LogP contribution in [0.15, 0.2) is 28.7 Å². The van der Waals surface area contributed by atoms with Crippen molar-refractivity contribution in [3.05, 3.63) is 39.5 Å². The summed E-state index contributed by atoms with van der Waals surface area (Å²) in [6, 6.07) is 7.51. The lowest BCUT2D eigenvalue weighted by molar-refractivity contribution is 0.998. The standard InChI is InChI=1S/C13H11BrClN3/c14-8-3-4-9(10(15)5-8)13-17-11(7-1-2-7)6-12(16)18-13/h3-7H,1-2H2,(H2,16,17,18). The predicted molar refractivity (Wildman–Crippen MR) is 76.6 cm³/mol. The molecule has 0 atom stereocenters. The smallest absolute Gasteiger partial charge is 0.163 e. The van der Waals surface area contributed by atoms with Crippen molar-refractivity contribution in [2.45, 2.75) is 18.8 Å². The molecule has 0 radical (unpaired) electrons. The molecule has 1 aliphatic carbocycles. The first-order valence-corrected chi connectivity index (χ1v) is 6.90. The Labute approximate surface area is 119 Å². The van der Waals surface area contributed by atoms with E-state index in [2.05, 4.69) is 25.9 Å². The van der Waals surface area contributed by atoms with Crippen molar-refractivity contribution in [2.24, 2.45) is 0 Å². The first-order chi connectivity index (χ1) is 8.63. The number of nitrogen functional groups attached to an aromatic ring is 1. The van der Waals surface area contributed by atoms with Gasteiger partial charge in [0.25, 0.3) is 0 Å². The summed E-state index contributed by atoms with van der Waals surface area (Å²) >= 11 is 9.59. The van der Waals surface area contributed by atoms with Gasteiger partial charge in [-0.05, 0) is 31.0 Å². The van der Waals surface area contributed by atoms with Crippen molar-refractivity contribution in [1.29, 1.82) is 0 Å². The van der Waals surface area contributed by atoms with E-state index in [1.165, 1.54) is 12.8 Å². The normalized spacial score (nSPS) is 14.8. The van der Waals surface area contributed by atoms with Crippen LogP contribution >= 0.6 is 27.5 Å². The van der Waals surface area contributed by atoms with E-state index in [9.17, 15) is 0 Å². The van der Waals surface area contributed by atoms with Crippen LogP contribution in [0.4, 0.5) is 5.82 Å². The van der Waals surface area contributed by atoms with Gasteiger partial charge in [0, 0.05) is 27.7 Å². The Balaban J connectivity index is 2.10. The molecule has 1 aromatic carbocycles. The third-order valence-corrected chi connectivity index (χ3v) is 3.74. The second-order valence-electron chi connectivity index (χ2n) is 4.44. The third kappa shape index (κ3) is 2.35. The lowest BCUT2D eigenvalue weighted by atomic mass is 10.2. The van der Waals surface area contributed by atoms with Crippen molar-refractivity contribution >= 4 is 33.3 Å². The van der Waals surface area contributed by atoms with E-state index in [0.717, 1.165) is 15.7 Å². The molecule has 18 heavy (non-hydrogen) atoms. The van der Waals surface area contributed by atoms with E-state index >= 15 is 0 Å². The zero-order chi connectivity index (χ0) is 12.7. The monoisotopic (exact) mass is 323 g/mol. The van der Waals surface area contributed by atoms with Crippen LogP contribution in [0, 0.1) is 0 Å². The van der Waals surface area contributed by atoms with Crippen LogP contribution in [0.1, 0.15) is 24.5 Å². The minimum atomic E-state index is 0.501. The molecule has 0 spiro atoms. The molecular weight excluding hydrogens is 314 g/mol. The number of nitrogens with two attached hydrogens (primary N) is 1. The fourth-order valence-corrected chi connectivity index (χ4v) is 2.62. The number of rotatable bonds is 2. The zero-order valence-corrected chi connectivity index (χ0v) is 11.9. The first-order valence-electron chi connectivity index (χ1n) is 5.73. The average molecular weight is 325 g/mol. The van der Waals surface area contributed by atoms with Crippen LogP contribution in [-0.2, 0) is 0 Å². The lowest BCUT2D eigenvalue weighted by Gasteiger charge is -2.07. The van der Waals surface area contributed by atoms with Gasteiger partial charge in [0.05, 0.1) is 5.02 Å². The Kier molecular flexibility index (Phi) is 2.99. The lowest BCUT2D eigenvalue weighted by Crippen LogP contribution is -1.99. The topological polar surface area (TPSA) is 51.8 Å². The summed E-state index contributed by atoms with van der Waals surface area (Å²) < 4.78 is 0.933. The molecule has 0 bridgehead atoms. The molecule has 3 nitrogen and oxygen atoms in total. The number of aromatic nitrogens is 2. The van der Waals surface area contributed by atoms with Crippen LogP contribution in [0.3, 0.4) is 0 Å². The third-order valence-electron chi connectivity index (χ3n) is 2.93. The second-order valence-corrected chi connectivity index (χ2v) is 5.76. The molecule has 0 aliphatic heterocycles. The van der Waals surface area contributed by atoms with Gasteiger partial charge in [-0.2, -0.15) is 0 Å². The molecule has 1 heterocycles. The molecule has 3 rings (SSSR count). The Morgan fingerprint density at radius 1 is 1.22 bits per heavy atom. The SMILES string of the molecule is Nc1cc(C2CC2)nc(-c2ccc(Br)cc2Cl)n1. The fraction of sp³-hybridized carbons (Fsp3) is 0.231. The Bertz CT molecular complexity index is 611. The molecule has 1 fully saturated rings. The summed E-state index contributed by atoms with van der Waals surface area (Å²) in [7, 11) is 0. The van der Waals surface area contributed by atoms with Gasteiger partial charge >= 0.3 is 0 Å². The number of halogens is 2. The van der Waals surface area contributed by atoms with Gasteiger partial charge in [-0.3, -0.25) is 0 Å². The molecule has 2 aromatic rings. The van der Waals surface area contributed by atoms with Gasteiger partial charge in [-0.1, -0.05) is 27.5 Å². The van der Waals surface area contributed by atoms with E-state index < -0.39 is 0 Å². The van der Waals surface area contributed by atoms with E-state index in [-0.39, 0.29) is 0 Å². The highest BCUT2D eigenvalue weighted by Crippen LogP contribution is 2.40. The number of benzene rings is 1. The van der Waals surface area contributed by atoms with E-state index in [4.69, 9.17) is 17.3 Å². The van der Waals surface area contributed by atoms with Crippen molar-refractivity contribution in [1.82, 2.24) is 9.97 Å². The van der Waals surface area contributed by atoms with Crippen LogP contribution in [0.2, 0.25) is 5.02 Å². The highest BCUT2D eigenvalue weighted by atomic mass is 79.9. The van der Waals surface area contributed by atoms with Crippen LogP contribution < -0.4 is 5.73 Å². The number of anilines is 1. The molecule has 1 saturated carbocycles. The molecule has 0 saturated heterocycles. The van der Waals surface area contributed by atoms with E-state index in [0.29, 0.717) is 22.6 Å². The van der Waals surface area contributed by atoms with Crippen LogP contribution in [-0.4, -0.2) is 9.97 Å². The zero-order valence-electron chi connectivity index (χ0n) is 9.53. The minimum Gasteiger partial charge on any atom is -0.384 e. The largest absolute Gasteiger partial charge is 0.384 e. The average Bonchev–Trinajstić information content (AvgIpc) is 3.11. The number of hydrogen-bond acceptors (Lipinski definition) is 3. The number of nitrogens with zero attached hydrogens (tertiary/aromatic N) is 2. The summed E-state index contributed by atoms with van der Waals surface area (Å²) in [6.07, 6.45) is 2.37. The summed E-state index contributed by atoms with van der Waals surface area (Å²) in [5.41, 5.74) is 7.68. The molecule has 92 valence electrons. The highest BCUT2D eigenvalue weighted by Gasteiger charge is 2.26. The molecule has 0 amide bonds. The van der Waals surface area contributed by atoms with Crippen molar-refractivity contribution in [3.63, 3.8) is 0 Å². The Morgan fingerprint density at radius 2 is 2.00 bits per heavy atom. The van der Waals surface area contributed by atoms with Gasteiger partial charge in [0.2, 0.25) is 0 Å². The summed E-state index contributed by atoms with van der Waals surface area (Å²) in [5.74, 6) is 1.65. The maximum absolute atomic E-state index is 6.21. The van der Waals surface area contributed by atoms with E-state index in [1.54, 1.807) is 0 Å². The predicted octanol–water partition coefficient (Wildman–Crippen LogP) is 4.02. The quantitative estimate of drug-likeness (QED) is 0.907. The van der Waals surface area contributed by atoms with Gasteiger partial charge in [-0.25, -0.2) is 9.97 Å². The van der Waals surface area contributed by atoms with Crippen molar-refractivity contribution < 1.29 is 0 Å². The van der Waals surface area contributed by atoms with Crippen molar-refractivity contribution in [2.75, 3.05) is 5.73 Å². The van der Waals surface area contributed by atoms with Gasteiger partial charge in [0.1, 0.15) is 5.82 Å². The maximum Gasteiger partial charge on any atom is 0.163 e. The molecular formula is C13H11BrClN3. The Morgan fingerprint density at radius 3 is 2.67 bits per heavy atom. The van der Waals surface area contributed by atoms with Gasteiger partial charge < -0.3 is 5.73 Å². The fourth-order valence-electron chi connectivity index (χ4n) is 1.87. The summed E-state index contributed by atoms with van der Waals surface area (Å²) in [4.78, 5) is 8.84. The second kappa shape index (κ2) is 4.52.